The number of alkyl halides is 2. The monoisotopic (exact) mass is 449 g/mol. The van der Waals surface area contributed by atoms with Crippen LogP contribution in [0.1, 0.15) is 79.3 Å². The van der Waals surface area contributed by atoms with Crippen LogP contribution in [0.3, 0.4) is 0 Å². The maximum absolute atomic E-state index is 13.0. The molecular weight excluding hydrogens is 412 g/mol. The Balaban J connectivity index is 1.32. The highest BCUT2D eigenvalue weighted by Gasteiger charge is 2.23. The van der Waals surface area contributed by atoms with E-state index in [0.717, 1.165) is 38.8 Å². The smallest absolute Gasteiger partial charge is 0.251 e. The average molecular weight is 450 g/mol. The molecule has 1 aromatic rings. The van der Waals surface area contributed by atoms with Gasteiger partial charge in [-0.25, -0.2) is 8.78 Å². The van der Waals surface area contributed by atoms with Gasteiger partial charge in [-0.3, -0.25) is 9.59 Å². The lowest BCUT2D eigenvalue weighted by Gasteiger charge is -2.29. The zero-order chi connectivity index (χ0) is 22.8. The second kappa shape index (κ2) is 12.9. The number of carbonyl (C=O) groups is 2. The van der Waals surface area contributed by atoms with E-state index in [-0.39, 0.29) is 17.9 Å². The zero-order valence-electron chi connectivity index (χ0n) is 18.9. The van der Waals surface area contributed by atoms with Crippen molar-refractivity contribution in [3.05, 3.63) is 34.9 Å². The number of halogens is 2. The van der Waals surface area contributed by atoms with Crippen LogP contribution in [-0.4, -0.2) is 37.5 Å². The SMILES string of the molecule is O=C(CNC[C@H]1CC[C@H](NC(=O)c2cc(CF)cc(CF)c2)CC1)NCC1CCCCC1. The van der Waals surface area contributed by atoms with Gasteiger partial charge in [-0.1, -0.05) is 25.3 Å². The van der Waals surface area contributed by atoms with E-state index in [4.69, 9.17) is 0 Å². The van der Waals surface area contributed by atoms with Gasteiger partial charge in [0, 0.05) is 18.2 Å². The number of carbonyl (C=O) groups excluding carboxylic acids is 2. The largest absolute Gasteiger partial charge is 0.355 e. The molecule has 0 spiro atoms. The highest BCUT2D eigenvalue weighted by atomic mass is 19.1. The first-order valence-electron chi connectivity index (χ1n) is 12.1. The lowest BCUT2D eigenvalue weighted by molar-refractivity contribution is -0.120. The molecule has 1 aromatic carbocycles. The molecule has 2 amide bonds. The minimum absolute atomic E-state index is 0.0691. The van der Waals surface area contributed by atoms with Gasteiger partial charge in [-0.05, 0) is 80.2 Å². The van der Waals surface area contributed by atoms with Gasteiger partial charge in [0.05, 0.1) is 6.54 Å². The van der Waals surface area contributed by atoms with Gasteiger partial charge in [-0.15, -0.1) is 0 Å². The zero-order valence-corrected chi connectivity index (χ0v) is 18.9. The Hall–Kier alpha value is -2.02. The summed E-state index contributed by atoms with van der Waals surface area (Å²) in [6.07, 6.45) is 10.0. The molecule has 178 valence electrons. The lowest BCUT2D eigenvalue weighted by atomic mass is 9.86. The Kier molecular flexibility index (Phi) is 9.90. The number of nitrogens with one attached hydrogen (secondary N) is 3. The van der Waals surface area contributed by atoms with Gasteiger partial charge >= 0.3 is 0 Å². The number of rotatable bonds is 10. The van der Waals surface area contributed by atoms with Crippen LogP contribution in [0, 0.1) is 11.8 Å². The molecule has 0 aliphatic heterocycles. The van der Waals surface area contributed by atoms with Crippen molar-refractivity contribution in [3.8, 4) is 0 Å². The minimum atomic E-state index is -0.717. The molecule has 32 heavy (non-hydrogen) atoms. The first kappa shape index (κ1) is 24.6. The van der Waals surface area contributed by atoms with Crippen LogP contribution < -0.4 is 16.0 Å². The Morgan fingerprint density at radius 2 is 1.44 bits per heavy atom. The van der Waals surface area contributed by atoms with E-state index in [1.807, 2.05) is 0 Å². The second-order valence-electron chi connectivity index (χ2n) is 9.44. The molecule has 0 radical (unpaired) electrons. The van der Waals surface area contributed by atoms with Gasteiger partial charge in [-0.2, -0.15) is 0 Å². The fraction of sp³-hybridized carbons (Fsp3) is 0.680. The molecule has 5 nitrogen and oxygen atoms in total. The molecule has 7 heteroatoms. The van der Waals surface area contributed by atoms with Crippen molar-refractivity contribution in [1.82, 2.24) is 16.0 Å². The van der Waals surface area contributed by atoms with Gasteiger partial charge in [0.25, 0.3) is 5.91 Å². The molecule has 0 aromatic heterocycles. The highest BCUT2D eigenvalue weighted by molar-refractivity contribution is 5.94. The summed E-state index contributed by atoms with van der Waals surface area (Å²) < 4.78 is 26.0. The standard InChI is InChI=1S/C25H37F2N3O2/c26-13-20-10-21(14-27)12-22(11-20)25(32)30-23-8-6-19(7-9-23)15-28-17-24(31)29-16-18-4-2-1-3-5-18/h10-12,18-19,23,28H,1-9,13-17H2,(H,29,31)(H,30,32)/t19-,23-. The third-order valence-electron chi connectivity index (χ3n) is 6.84. The predicted molar refractivity (Wildman–Crippen MR) is 122 cm³/mol. The van der Waals surface area contributed by atoms with Gasteiger partial charge < -0.3 is 16.0 Å². The first-order valence-corrected chi connectivity index (χ1v) is 12.1. The van der Waals surface area contributed by atoms with Crippen molar-refractivity contribution >= 4 is 11.8 Å². The fourth-order valence-corrected chi connectivity index (χ4v) is 4.93. The number of amides is 2. The van der Waals surface area contributed by atoms with E-state index in [0.29, 0.717) is 35.1 Å². The minimum Gasteiger partial charge on any atom is -0.355 e. The van der Waals surface area contributed by atoms with Crippen molar-refractivity contribution in [2.24, 2.45) is 11.8 Å². The number of hydrogen-bond acceptors (Lipinski definition) is 3. The van der Waals surface area contributed by atoms with E-state index in [1.165, 1.54) is 50.3 Å². The molecule has 2 aliphatic rings. The van der Waals surface area contributed by atoms with Crippen molar-refractivity contribution in [3.63, 3.8) is 0 Å². The highest BCUT2D eigenvalue weighted by Crippen LogP contribution is 2.25. The normalized spacial score (nSPS) is 21.8. The van der Waals surface area contributed by atoms with Crippen LogP contribution in [0.25, 0.3) is 0 Å². The van der Waals surface area contributed by atoms with Gasteiger partial charge in [0.1, 0.15) is 13.3 Å². The summed E-state index contributed by atoms with van der Waals surface area (Å²) >= 11 is 0. The molecule has 0 saturated heterocycles. The molecule has 0 atom stereocenters. The summed E-state index contributed by atoms with van der Waals surface area (Å²) in [5, 5.41) is 9.35. The van der Waals surface area contributed by atoms with Crippen molar-refractivity contribution in [2.75, 3.05) is 19.6 Å². The fourth-order valence-electron chi connectivity index (χ4n) is 4.93. The first-order chi connectivity index (χ1) is 15.6. The Labute approximate surface area is 190 Å². The summed E-state index contributed by atoms with van der Waals surface area (Å²) in [6.45, 7) is 0.517. The third-order valence-corrected chi connectivity index (χ3v) is 6.84. The van der Waals surface area contributed by atoms with E-state index in [1.54, 1.807) is 0 Å². The average Bonchev–Trinajstić information content (AvgIpc) is 2.84. The Morgan fingerprint density at radius 1 is 0.812 bits per heavy atom. The number of benzene rings is 1. The van der Waals surface area contributed by atoms with E-state index in [2.05, 4.69) is 16.0 Å². The summed E-state index contributed by atoms with van der Waals surface area (Å²) in [5.74, 6) is 0.925. The Morgan fingerprint density at radius 3 is 2.06 bits per heavy atom. The summed E-state index contributed by atoms with van der Waals surface area (Å²) in [4.78, 5) is 24.6. The molecule has 3 rings (SSSR count). The van der Waals surface area contributed by atoms with Crippen LogP contribution >= 0.6 is 0 Å². The van der Waals surface area contributed by atoms with Crippen LogP contribution in [0.15, 0.2) is 18.2 Å². The Bertz CT molecular complexity index is 722. The van der Waals surface area contributed by atoms with Crippen LogP contribution in [0.5, 0.6) is 0 Å². The van der Waals surface area contributed by atoms with Crippen LogP contribution in [0.4, 0.5) is 8.78 Å². The second-order valence-corrected chi connectivity index (χ2v) is 9.44. The van der Waals surface area contributed by atoms with Crippen molar-refractivity contribution < 1.29 is 18.4 Å². The summed E-state index contributed by atoms with van der Waals surface area (Å²) in [6, 6.07) is 4.50. The molecule has 3 N–H and O–H groups in total. The van der Waals surface area contributed by atoms with Crippen LogP contribution in [-0.2, 0) is 18.1 Å². The predicted octanol–water partition coefficient (Wildman–Crippen LogP) is 4.20. The van der Waals surface area contributed by atoms with E-state index >= 15 is 0 Å². The van der Waals surface area contributed by atoms with Crippen LogP contribution in [0.2, 0.25) is 0 Å². The molecule has 0 heterocycles. The topological polar surface area (TPSA) is 70.2 Å². The molecule has 0 bridgehead atoms. The molecule has 2 saturated carbocycles. The quantitative estimate of drug-likeness (QED) is 0.501. The summed E-state index contributed by atoms with van der Waals surface area (Å²) in [7, 11) is 0. The molecule has 0 unspecified atom stereocenters. The molecular formula is C25H37F2N3O2. The lowest BCUT2D eigenvalue weighted by Crippen LogP contribution is -2.41. The summed E-state index contributed by atoms with van der Waals surface area (Å²) in [5.41, 5.74) is 0.960. The maximum atomic E-state index is 13.0. The van der Waals surface area contributed by atoms with Gasteiger partial charge in [0.15, 0.2) is 0 Å². The number of hydrogen-bond donors (Lipinski definition) is 3. The van der Waals surface area contributed by atoms with Gasteiger partial charge in [0.2, 0.25) is 5.91 Å². The van der Waals surface area contributed by atoms with Crippen molar-refractivity contribution in [1.29, 1.82) is 0 Å². The van der Waals surface area contributed by atoms with E-state index in [9.17, 15) is 18.4 Å². The molecule has 2 aliphatic carbocycles. The third kappa shape index (κ3) is 7.84. The van der Waals surface area contributed by atoms with E-state index < -0.39 is 13.3 Å². The maximum Gasteiger partial charge on any atom is 0.251 e. The molecule has 2 fully saturated rings. The van der Waals surface area contributed by atoms with Crippen molar-refractivity contribution in [2.45, 2.75) is 77.2 Å².